The van der Waals surface area contributed by atoms with Gasteiger partial charge in [-0.2, -0.15) is 9.78 Å². The standard InChI is InChI=1S/C13H12Cl3N5O2/c1-7(6-20-8(2)3-12(19-20)21(22)23)17-18-13-10(15)4-9(14)5-11(13)16/h3-5,18H,6H2,1-2H3/b17-7-. The van der Waals surface area contributed by atoms with E-state index >= 15 is 0 Å². The normalized spacial score (nSPS) is 11.6. The van der Waals surface area contributed by atoms with Crippen molar-refractivity contribution in [3.63, 3.8) is 0 Å². The van der Waals surface area contributed by atoms with Gasteiger partial charge in [-0.1, -0.05) is 34.8 Å². The molecule has 0 unspecified atom stereocenters. The molecule has 0 radical (unpaired) electrons. The minimum atomic E-state index is -0.540. The summed E-state index contributed by atoms with van der Waals surface area (Å²) in [7, 11) is 0. The zero-order valence-corrected chi connectivity index (χ0v) is 14.4. The molecule has 0 atom stereocenters. The van der Waals surface area contributed by atoms with E-state index < -0.39 is 4.92 Å². The third kappa shape index (κ3) is 4.34. The van der Waals surface area contributed by atoms with Crippen LogP contribution in [0.4, 0.5) is 11.5 Å². The highest BCUT2D eigenvalue weighted by atomic mass is 35.5. The van der Waals surface area contributed by atoms with Gasteiger partial charge in [-0.25, -0.2) is 0 Å². The van der Waals surface area contributed by atoms with Gasteiger partial charge >= 0.3 is 5.82 Å². The van der Waals surface area contributed by atoms with Crippen LogP contribution in [0.3, 0.4) is 0 Å². The molecule has 1 N–H and O–H groups in total. The monoisotopic (exact) mass is 375 g/mol. The van der Waals surface area contributed by atoms with Crippen molar-refractivity contribution in [2.45, 2.75) is 20.4 Å². The Morgan fingerprint density at radius 2 is 1.96 bits per heavy atom. The van der Waals surface area contributed by atoms with E-state index in [-0.39, 0.29) is 12.4 Å². The summed E-state index contributed by atoms with van der Waals surface area (Å²) in [5, 5.41) is 19.9. The number of nitrogens with one attached hydrogen (secondary N) is 1. The zero-order valence-electron chi connectivity index (χ0n) is 12.2. The first-order chi connectivity index (χ1) is 10.8. The molecule has 1 aromatic heterocycles. The summed E-state index contributed by atoms with van der Waals surface area (Å²) in [6, 6.07) is 4.49. The molecule has 0 saturated carbocycles. The topological polar surface area (TPSA) is 85.3 Å². The van der Waals surface area contributed by atoms with Crippen LogP contribution in [-0.4, -0.2) is 20.4 Å². The molecule has 7 nitrogen and oxygen atoms in total. The molecule has 23 heavy (non-hydrogen) atoms. The van der Waals surface area contributed by atoms with Crippen molar-refractivity contribution in [1.82, 2.24) is 9.78 Å². The maximum Gasteiger partial charge on any atom is 0.390 e. The highest BCUT2D eigenvalue weighted by molar-refractivity contribution is 6.41. The van der Waals surface area contributed by atoms with E-state index in [4.69, 9.17) is 34.8 Å². The van der Waals surface area contributed by atoms with Gasteiger partial charge in [-0.15, -0.1) is 0 Å². The molecule has 0 aliphatic rings. The van der Waals surface area contributed by atoms with E-state index in [2.05, 4.69) is 15.6 Å². The number of rotatable bonds is 5. The minimum absolute atomic E-state index is 0.202. The quantitative estimate of drug-likeness (QED) is 0.471. The third-order valence-electron chi connectivity index (χ3n) is 2.90. The maximum absolute atomic E-state index is 10.7. The fourth-order valence-electron chi connectivity index (χ4n) is 1.79. The number of benzene rings is 1. The average Bonchev–Trinajstić information content (AvgIpc) is 2.79. The van der Waals surface area contributed by atoms with Crippen LogP contribution in [0, 0.1) is 17.0 Å². The van der Waals surface area contributed by atoms with Crippen LogP contribution >= 0.6 is 34.8 Å². The van der Waals surface area contributed by atoms with E-state index in [9.17, 15) is 10.1 Å². The van der Waals surface area contributed by atoms with Crippen LogP contribution in [0.2, 0.25) is 15.1 Å². The molecular weight excluding hydrogens is 365 g/mol. The lowest BCUT2D eigenvalue weighted by Crippen LogP contribution is -2.11. The first-order valence-corrected chi connectivity index (χ1v) is 7.54. The summed E-state index contributed by atoms with van der Waals surface area (Å²) in [4.78, 5) is 10.2. The second-order valence-corrected chi connectivity index (χ2v) is 6.01. The predicted octanol–water partition coefficient (Wildman–Crippen LogP) is 4.55. The van der Waals surface area contributed by atoms with Gasteiger partial charge in [0.1, 0.15) is 6.54 Å². The first kappa shape index (κ1) is 17.5. The number of halogens is 3. The number of nitrogens with zero attached hydrogens (tertiary/aromatic N) is 4. The number of hydrogen-bond acceptors (Lipinski definition) is 5. The molecule has 1 aromatic carbocycles. The van der Waals surface area contributed by atoms with Gasteiger partial charge in [0.05, 0.1) is 38.3 Å². The van der Waals surface area contributed by atoms with Crippen molar-refractivity contribution in [1.29, 1.82) is 0 Å². The molecule has 2 rings (SSSR count). The van der Waals surface area contributed by atoms with Crippen LogP contribution in [0.1, 0.15) is 12.6 Å². The number of nitro groups is 1. The number of hydrogen-bond donors (Lipinski definition) is 1. The van der Waals surface area contributed by atoms with Gasteiger partial charge < -0.3 is 10.1 Å². The third-order valence-corrected chi connectivity index (χ3v) is 3.71. The van der Waals surface area contributed by atoms with Crippen LogP contribution in [-0.2, 0) is 6.54 Å². The number of aromatic nitrogens is 2. The minimum Gasteiger partial charge on any atom is -0.358 e. The molecule has 0 amide bonds. The summed E-state index contributed by atoms with van der Waals surface area (Å²) in [6.45, 7) is 3.76. The summed E-state index contributed by atoms with van der Waals surface area (Å²) < 4.78 is 1.49. The Labute approximate surface area is 147 Å². The van der Waals surface area contributed by atoms with E-state index in [0.29, 0.717) is 32.2 Å². The lowest BCUT2D eigenvalue weighted by molar-refractivity contribution is -0.389. The molecule has 0 aliphatic heterocycles. The van der Waals surface area contributed by atoms with E-state index in [1.165, 1.54) is 10.7 Å². The average molecular weight is 377 g/mol. The molecule has 1 heterocycles. The predicted molar refractivity (Wildman–Crippen MR) is 91.8 cm³/mol. The smallest absolute Gasteiger partial charge is 0.358 e. The Morgan fingerprint density at radius 1 is 1.35 bits per heavy atom. The molecule has 0 aliphatic carbocycles. The van der Waals surface area contributed by atoms with Crippen molar-refractivity contribution in [2.24, 2.45) is 5.10 Å². The van der Waals surface area contributed by atoms with Crippen molar-refractivity contribution in [3.8, 4) is 0 Å². The summed E-state index contributed by atoms with van der Waals surface area (Å²) in [6.07, 6.45) is 0. The van der Waals surface area contributed by atoms with Gasteiger partial charge in [-0.05, 0) is 30.9 Å². The highest BCUT2D eigenvalue weighted by Crippen LogP contribution is 2.33. The van der Waals surface area contributed by atoms with Gasteiger partial charge in [0, 0.05) is 5.02 Å². The largest absolute Gasteiger partial charge is 0.390 e. The van der Waals surface area contributed by atoms with Crippen molar-refractivity contribution in [3.05, 3.63) is 49.1 Å². The van der Waals surface area contributed by atoms with Gasteiger partial charge in [0.25, 0.3) is 0 Å². The molecule has 0 bridgehead atoms. The van der Waals surface area contributed by atoms with Crippen LogP contribution in [0.25, 0.3) is 0 Å². The van der Waals surface area contributed by atoms with E-state index in [1.807, 2.05) is 0 Å². The molecule has 0 spiro atoms. The molecular formula is C13H12Cl3N5O2. The molecule has 10 heteroatoms. The Balaban J connectivity index is 2.14. The first-order valence-electron chi connectivity index (χ1n) is 6.40. The molecule has 0 fully saturated rings. The summed E-state index contributed by atoms with van der Waals surface area (Å²) >= 11 is 17.9. The second kappa shape index (κ2) is 7.16. The van der Waals surface area contributed by atoms with Crippen molar-refractivity contribution >= 4 is 52.0 Å². The number of anilines is 1. The number of hydrazone groups is 1. The Bertz CT molecular complexity index is 765. The van der Waals surface area contributed by atoms with Crippen molar-refractivity contribution in [2.75, 3.05) is 5.43 Å². The molecule has 122 valence electrons. The summed E-state index contributed by atoms with van der Waals surface area (Å²) in [5.41, 5.74) is 4.49. The molecule has 2 aromatic rings. The van der Waals surface area contributed by atoms with Crippen molar-refractivity contribution < 1.29 is 4.92 Å². The second-order valence-electron chi connectivity index (χ2n) is 4.76. The molecule has 0 saturated heterocycles. The lowest BCUT2D eigenvalue weighted by atomic mass is 10.3. The van der Waals surface area contributed by atoms with Gasteiger partial charge in [0.2, 0.25) is 0 Å². The SMILES string of the molecule is C/C(Cn1nc([N+](=O)[O-])cc1C)=N/Nc1c(Cl)cc(Cl)cc1Cl. The van der Waals surface area contributed by atoms with Crippen LogP contribution < -0.4 is 5.43 Å². The van der Waals surface area contributed by atoms with Gasteiger partial charge in [-0.3, -0.25) is 5.43 Å². The lowest BCUT2D eigenvalue weighted by Gasteiger charge is -2.08. The zero-order chi connectivity index (χ0) is 17.1. The van der Waals surface area contributed by atoms with Crippen LogP contribution in [0.5, 0.6) is 0 Å². The number of aryl methyl sites for hydroxylation is 1. The Morgan fingerprint density at radius 3 is 2.48 bits per heavy atom. The highest BCUT2D eigenvalue weighted by Gasteiger charge is 2.15. The van der Waals surface area contributed by atoms with E-state index in [0.717, 1.165) is 0 Å². The Kier molecular flexibility index (Phi) is 5.46. The fraction of sp³-hybridized carbons (Fsp3) is 0.231. The Hall–Kier alpha value is -1.83. The van der Waals surface area contributed by atoms with Crippen LogP contribution in [0.15, 0.2) is 23.3 Å². The van der Waals surface area contributed by atoms with Gasteiger partial charge in [0.15, 0.2) is 0 Å². The summed E-state index contributed by atoms with van der Waals surface area (Å²) in [5.74, 6) is -0.202. The maximum atomic E-state index is 10.7. The fourth-order valence-corrected chi connectivity index (χ4v) is 2.70. The van der Waals surface area contributed by atoms with E-state index in [1.54, 1.807) is 26.0 Å².